The first-order valence-corrected chi connectivity index (χ1v) is 8.04. The summed E-state index contributed by atoms with van der Waals surface area (Å²) in [6.07, 6.45) is 1.81. The van der Waals surface area contributed by atoms with Gasteiger partial charge >= 0.3 is 0 Å². The van der Waals surface area contributed by atoms with Crippen molar-refractivity contribution in [1.82, 2.24) is 4.98 Å². The summed E-state index contributed by atoms with van der Waals surface area (Å²) in [4.78, 5) is 4.32. The van der Waals surface area contributed by atoms with Gasteiger partial charge in [-0.05, 0) is 24.3 Å². The van der Waals surface area contributed by atoms with Crippen LogP contribution in [0.25, 0.3) is 10.6 Å². The monoisotopic (exact) mass is 334 g/mol. The molecule has 0 unspecified atom stereocenters. The minimum atomic E-state index is 0.583. The van der Waals surface area contributed by atoms with Gasteiger partial charge in [-0.3, -0.25) is 0 Å². The van der Waals surface area contributed by atoms with E-state index >= 15 is 0 Å². The molecule has 21 heavy (non-hydrogen) atoms. The normalized spacial score (nSPS) is 10.6. The van der Waals surface area contributed by atoms with Crippen molar-refractivity contribution in [2.24, 2.45) is 0 Å². The predicted octanol–water partition coefficient (Wildman–Crippen LogP) is 5.73. The van der Waals surface area contributed by atoms with Crippen LogP contribution in [0.15, 0.2) is 54.0 Å². The SMILES string of the molecule is Clc1cccc(Cl)c1CNc1cccc(-c2nccs2)c1. The molecule has 0 bridgehead atoms. The molecule has 0 saturated heterocycles. The molecule has 2 nitrogen and oxygen atoms in total. The highest BCUT2D eigenvalue weighted by Crippen LogP contribution is 2.27. The third-order valence-electron chi connectivity index (χ3n) is 3.07. The Morgan fingerprint density at radius 1 is 1.05 bits per heavy atom. The second kappa shape index (κ2) is 6.48. The minimum absolute atomic E-state index is 0.583. The van der Waals surface area contributed by atoms with Gasteiger partial charge in [0.05, 0.1) is 0 Å². The van der Waals surface area contributed by atoms with Crippen LogP contribution in [0.2, 0.25) is 10.0 Å². The molecule has 0 amide bonds. The Kier molecular flexibility index (Phi) is 4.44. The Hall–Kier alpha value is -1.55. The number of anilines is 1. The maximum Gasteiger partial charge on any atom is 0.123 e. The van der Waals surface area contributed by atoms with E-state index in [1.165, 1.54) is 0 Å². The van der Waals surface area contributed by atoms with E-state index in [9.17, 15) is 0 Å². The number of thiazole rings is 1. The van der Waals surface area contributed by atoms with Gasteiger partial charge in [0, 0.05) is 45.0 Å². The first-order valence-electron chi connectivity index (χ1n) is 6.41. The Balaban J connectivity index is 1.78. The molecule has 0 saturated carbocycles. The van der Waals surface area contributed by atoms with E-state index in [1.54, 1.807) is 11.3 Å². The summed E-state index contributed by atoms with van der Waals surface area (Å²) in [5, 5.41) is 7.68. The molecular weight excluding hydrogens is 323 g/mol. The molecule has 0 radical (unpaired) electrons. The van der Waals surface area contributed by atoms with Gasteiger partial charge < -0.3 is 5.32 Å². The Labute approximate surface area is 137 Å². The summed E-state index contributed by atoms with van der Waals surface area (Å²) >= 11 is 14.0. The van der Waals surface area contributed by atoms with Gasteiger partial charge in [0.25, 0.3) is 0 Å². The topological polar surface area (TPSA) is 24.9 Å². The van der Waals surface area contributed by atoms with E-state index in [1.807, 2.05) is 48.0 Å². The van der Waals surface area contributed by atoms with Crippen molar-refractivity contribution in [3.8, 4) is 10.6 Å². The molecule has 0 fully saturated rings. The third-order valence-corrected chi connectivity index (χ3v) is 4.60. The first kappa shape index (κ1) is 14.4. The maximum atomic E-state index is 6.18. The molecule has 106 valence electrons. The first-order chi connectivity index (χ1) is 10.2. The molecule has 3 rings (SSSR count). The largest absolute Gasteiger partial charge is 0.381 e. The second-order valence-electron chi connectivity index (χ2n) is 4.47. The number of hydrogen-bond acceptors (Lipinski definition) is 3. The van der Waals surface area contributed by atoms with Crippen molar-refractivity contribution in [1.29, 1.82) is 0 Å². The lowest BCUT2D eigenvalue weighted by atomic mass is 10.2. The average molecular weight is 335 g/mol. The van der Waals surface area contributed by atoms with Gasteiger partial charge in [0.1, 0.15) is 5.01 Å². The van der Waals surface area contributed by atoms with E-state index in [0.29, 0.717) is 16.6 Å². The third kappa shape index (κ3) is 3.38. The van der Waals surface area contributed by atoms with Crippen LogP contribution in [0, 0.1) is 0 Å². The highest BCUT2D eigenvalue weighted by atomic mass is 35.5. The molecular formula is C16H12Cl2N2S. The summed E-state index contributed by atoms with van der Waals surface area (Å²) in [5.74, 6) is 0. The summed E-state index contributed by atoms with van der Waals surface area (Å²) in [5.41, 5.74) is 3.01. The molecule has 1 N–H and O–H groups in total. The highest BCUT2D eigenvalue weighted by molar-refractivity contribution is 7.13. The molecule has 3 aromatic rings. The number of nitrogens with one attached hydrogen (secondary N) is 1. The van der Waals surface area contributed by atoms with Crippen LogP contribution in [0.1, 0.15) is 5.56 Å². The van der Waals surface area contributed by atoms with Crippen molar-refractivity contribution >= 4 is 40.2 Å². The molecule has 0 spiro atoms. The van der Waals surface area contributed by atoms with E-state index < -0.39 is 0 Å². The lowest BCUT2D eigenvalue weighted by Crippen LogP contribution is -2.00. The smallest absolute Gasteiger partial charge is 0.123 e. The molecule has 2 aromatic carbocycles. The van der Waals surface area contributed by atoms with Crippen LogP contribution in [-0.4, -0.2) is 4.98 Å². The van der Waals surface area contributed by atoms with E-state index in [-0.39, 0.29) is 0 Å². The zero-order valence-corrected chi connectivity index (χ0v) is 13.3. The van der Waals surface area contributed by atoms with Crippen LogP contribution < -0.4 is 5.32 Å². The fourth-order valence-corrected chi connectivity index (χ4v) is 3.19. The van der Waals surface area contributed by atoms with Crippen molar-refractivity contribution in [2.45, 2.75) is 6.54 Å². The molecule has 5 heteroatoms. The highest BCUT2D eigenvalue weighted by Gasteiger charge is 2.06. The van der Waals surface area contributed by atoms with Gasteiger partial charge in [-0.15, -0.1) is 11.3 Å². The number of nitrogens with zero attached hydrogens (tertiary/aromatic N) is 1. The molecule has 1 heterocycles. The van der Waals surface area contributed by atoms with Gasteiger partial charge in [-0.2, -0.15) is 0 Å². The van der Waals surface area contributed by atoms with Gasteiger partial charge in [0.2, 0.25) is 0 Å². The molecule has 0 aliphatic heterocycles. The van der Waals surface area contributed by atoms with E-state index in [0.717, 1.165) is 21.8 Å². The number of halogens is 2. The summed E-state index contributed by atoms with van der Waals surface area (Å²) in [6, 6.07) is 13.7. The summed E-state index contributed by atoms with van der Waals surface area (Å²) < 4.78 is 0. The second-order valence-corrected chi connectivity index (χ2v) is 6.18. The fraction of sp³-hybridized carbons (Fsp3) is 0.0625. The van der Waals surface area contributed by atoms with Gasteiger partial charge in [-0.1, -0.05) is 41.4 Å². The quantitative estimate of drug-likeness (QED) is 0.659. The summed E-state index contributed by atoms with van der Waals surface area (Å²) in [7, 11) is 0. The molecule has 1 aromatic heterocycles. The van der Waals surface area contributed by atoms with Crippen LogP contribution in [0.4, 0.5) is 5.69 Å². The number of rotatable bonds is 4. The van der Waals surface area contributed by atoms with Crippen LogP contribution in [0.5, 0.6) is 0 Å². The van der Waals surface area contributed by atoms with Crippen LogP contribution in [0.3, 0.4) is 0 Å². The number of benzene rings is 2. The molecule has 0 atom stereocenters. The van der Waals surface area contributed by atoms with Crippen molar-refractivity contribution in [3.05, 3.63) is 69.7 Å². The lowest BCUT2D eigenvalue weighted by Gasteiger charge is -2.10. The van der Waals surface area contributed by atoms with Crippen LogP contribution in [-0.2, 0) is 6.54 Å². The molecule has 0 aliphatic rings. The standard InChI is InChI=1S/C16H12Cl2N2S/c17-14-5-2-6-15(18)13(14)10-20-12-4-1-3-11(9-12)16-19-7-8-21-16/h1-9,20H,10H2. The molecule has 0 aliphatic carbocycles. The zero-order valence-electron chi connectivity index (χ0n) is 11.0. The average Bonchev–Trinajstić information content (AvgIpc) is 3.01. The fourth-order valence-electron chi connectivity index (χ4n) is 2.02. The lowest BCUT2D eigenvalue weighted by molar-refractivity contribution is 1.15. The minimum Gasteiger partial charge on any atom is -0.381 e. The summed E-state index contributed by atoms with van der Waals surface area (Å²) in [6.45, 7) is 0.583. The van der Waals surface area contributed by atoms with Gasteiger partial charge in [0.15, 0.2) is 0 Å². The Morgan fingerprint density at radius 2 is 1.81 bits per heavy atom. The van der Waals surface area contributed by atoms with E-state index in [2.05, 4.69) is 16.4 Å². The van der Waals surface area contributed by atoms with E-state index in [4.69, 9.17) is 23.2 Å². The predicted molar refractivity (Wildman–Crippen MR) is 91.3 cm³/mol. The number of hydrogen-bond donors (Lipinski definition) is 1. The zero-order chi connectivity index (χ0) is 14.7. The maximum absolute atomic E-state index is 6.18. The van der Waals surface area contributed by atoms with Crippen molar-refractivity contribution < 1.29 is 0 Å². The van der Waals surface area contributed by atoms with Gasteiger partial charge in [-0.25, -0.2) is 4.98 Å². The van der Waals surface area contributed by atoms with Crippen molar-refractivity contribution in [3.63, 3.8) is 0 Å². The Morgan fingerprint density at radius 3 is 2.52 bits per heavy atom. The number of aromatic nitrogens is 1. The van der Waals surface area contributed by atoms with Crippen molar-refractivity contribution in [2.75, 3.05) is 5.32 Å². The van der Waals surface area contributed by atoms with Crippen LogP contribution >= 0.6 is 34.5 Å². The Bertz CT molecular complexity index is 722.